The second kappa shape index (κ2) is 9.26. The van der Waals surface area contributed by atoms with E-state index in [0.717, 1.165) is 16.6 Å². The standard InChI is InChI=1S/C24H20F3N5O2/c1-15-5-3-4-6-19(15)30-23(33)31-28-14-16-7-12-20-21(13-16)32(2)22(29-20)17-8-10-18(11-9-17)34-24(25,26)27/h3-14H,1-2H3,(H2,30,31,33)/b28-14+. The molecule has 0 saturated heterocycles. The monoisotopic (exact) mass is 467 g/mol. The Morgan fingerprint density at radius 3 is 2.53 bits per heavy atom. The molecule has 3 aromatic carbocycles. The number of rotatable bonds is 5. The largest absolute Gasteiger partial charge is 0.573 e. The van der Waals surface area contributed by atoms with Crippen LogP contribution in [0.3, 0.4) is 0 Å². The lowest BCUT2D eigenvalue weighted by Crippen LogP contribution is -2.24. The molecule has 0 unspecified atom stereocenters. The predicted octanol–water partition coefficient (Wildman–Crippen LogP) is 5.60. The van der Waals surface area contributed by atoms with E-state index in [2.05, 4.69) is 25.6 Å². The number of hydrazone groups is 1. The molecule has 0 radical (unpaired) electrons. The molecule has 0 atom stereocenters. The molecule has 1 aromatic heterocycles. The zero-order valence-electron chi connectivity index (χ0n) is 18.2. The Labute approximate surface area is 192 Å². The summed E-state index contributed by atoms with van der Waals surface area (Å²) in [6.45, 7) is 1.89. The van der Waals surface area contributed by atoms with Crippen LogP contribution in [-0.2, 0) is 7.05 Å². The van der Waals surface area contributed by atoms with Crippen molar-refractivity contribution >= 4 is 29.0 Å². The number of aromatic nitrogens is 2. The van der Waals surface area contributed by atoms with Gasteiger partial charge in [-0.05, 0) is 60.5 Å². The summed E-state index contributed by atoms with van der Waals surface area (Å²) in [5.41, 5.74) is 6.91. The number of anilines is 1. The molecule has 0 bridgehead atoms. The van der Waals surface area contributed by atoms with Crippen molar-refractivity contribution in [1.82, 2.24) is 15.0 Å². The van der Waals surface area contributed by atoms with Crippen molar-refractivity contribution in [1.29, 1.82) is 0 Å². The number of carbonyl (C=O) groups excluding carboxylic acids is 1. The lowest BCUT2D eigenvalue weighted by atomic mass is 10.2. The van der Waals surface area contributed by atoms with Crippen LogP contribution < -0.4 is 15.5 Å². The summed E-state index contributed by atoms with van der Waals surface area (Å²) in [7, 11) is 1.81. The number of urea groups is 1. The van der Waals surface area contributed by atoms with Gasteiger partial charge in [-0.2, -0.15) is 5.10 Å². The topological polar surface area (TPSA) is 80.5 Å². The van der Waals surface area contributed by atoms with Crippen molar-refractivity contribution in [3.63, 3.8) is 0 Å². The van der Waals surface area contributed by atoms with Crippen LogP contribution in [0.15, 0.2) is 71.8 Å². The summed E-state index contributed by atoms with van der Waals surface area (Å²) < 4.78 is 42.9. The highest BCUT2D eigenvalue weighted by Crippen LogP contribution is 2.28. The van der Waals surface area contributed by atoms with Gasteiger partial charge in [-0.25, -0.2) is 15.2 Å². The van der Waals surface area contributed by atoms with Crippen molar-refractivity contribution in [3.05, 3.63) is 77.9 Å². The van der Waals surface area contributed by atoms with Gasteiger partial charge in [0.1, 0.15) is 11.6 Å². The van der Waals surface area contributed by atoms with E-state index in [4.69, 9.17) is 0 Å². The molecule has 0 spiro atoms. The van der Waals surface area contributed by atoms with Crippen LogP contribution >= 0.6 is 0 Å². The number of para-hydroxylation sites is 1. The van der Waals surface area contributed by atoms with Crippen molar-refractivity contribution in [3.8, 4) is 17.1 Å². The van der Waals surface area contributed by atoms with Crippen LogP contribution in [0.2, 0.25) is 0 Å². The average Bonchev–Trinajstić information content (AvgIpc) is 3.11. The van der Waals surface area contributed by atoms with Crippen LogP contribution in [0, 0.1) is 6.92 Å². The minimum absolute atomic E-state index is 0.299. The number of imidazole rings is 1. The number of ether oxygens (including phenoxy) is 1. The fourth-order valence-electron chi connectivity index (χ4n) is 3.38. The number of carbonyl (C=O) groups is 1. The maximum Gasteiger partial charge on any atom is 0.573 e. The maximum absolute atomic E-state index is 12.4. The van der Waals surface area contributed by atoms with E-state index in [1.807, 2.05) is 35.8 Å². The fourth-order valence-corrected chi connectivity index (χ4v) is 3.38. The average molecular weight is 467 g/mol. The SMILES string of the molecule is Cc1ccccc1NC(=O)N/N=C/c1ccc2nc(-c3ccc(OC(F)(F)F)cc3)n(C)c2c1. The smallest absolute Gasteiger partial charge is 0.406 e. The van der Waals surface area contributed by atoms with E-state index < -0.39 is 12.4 Å². The molecule has 0 saturated carbocycles. The second-order valence-corrected chi connectivity index (χ2v) is 7.45. The highest BCUT2D eigenvalue weighted by molar-refractivity contribution is 5.92. The Bertz CT molecular complexity index is 1360. The van der Waals surface area contributed by atoms with Gasteiger partial charge in [0.2, 0.25) is 0 Å². The van der Waals surface area contributed by atoms with E-state index in [0.29, 0.717) is 22.6 Å². The molecular weight excluding hydrogens is 447 g/mol. The first-order valence-electron chi connectivity index (χ1n) is 10.2. The molecule has 0 aliphatic heterocycles. The maximum atomic E-state index is 12.4. The van der Waals surface area contributed by atoms with Gasteiger partial charge in [0, 0.05) is 18.3 Å². The lowest BCUT2D eigenvalue weighted by Gasteiger charge is -2.09. The molecule has 10 heteroatoms. The molecule has 2 amide bonds. The Morgan fingerprint density at radius 2 is 1.82 bits per heavy atom. The van der Waals surface area contributed by atoms with Crippen molar-refractivity contribution in [2.75, 3.05) is 5.32 Å². The molecule has 1 heterocycles. The first-order chi connectivity index (χ1) is 16.2. The van der Waals surface area contributed by atoms with Gasteiger partial charge in [0.05, 0.1) is 17.2 Å². The van der Waals surface area contributed by atoms with E-state index in [1.165, 1.54) is 30.5 Å². The number of fused-ring (bicyclic) bond motifs is 1. The number of aryl methyl sites for hydroxylation is 2. The van der Waals surface area contributed by atoms with Crippen LogP contribution in [0.4, 0.5) is 23.7 Å². The number of amides is 2. The minimum Gasteiger partial charge on any atom is -0.406 e. The summed E-state index contributed by atoms with van der Waals surface area (Å²) in [6.07, 6.45) is -3.24. The van der Waals surface area contributed by atoms with E-state index in [9.17, 15) is 18.0 Å². The molecule has 4 rings (SSSR count). The normalized spacial score (nSPS) is 11.7. The quantitative estimate of drug-likeness (QED) is 0.296. The Morgan fingerprint density at radius 1 is 1.09 bits per heavy atom. The molecule has 2 N–H and O–H groups in total. The molecular formula is C24H20F3N5O2. The highest BCUT2D eigenvalue weighted by atomic mass is 19.4. The fraction of sp³-hybridized carbons (Fsp3) is 0.125. The summed E-state index contributed by atoms with van der Waals surface area (Å²) in [5, 5.41) is 6.71. The zero-order chi connectivity index (χ0) is 24.3. The van der Waals surface area contributed by atoms with Gasteiger partial charge in [-0.3, -0.25) is 0 Å². The van der Waals surface area contributed by atoms with Crippen molar-refractivity contribution < 1.29 is 22.7 Å². The second-order valence-electron chi connectivity index (χ2n) is 7.45. The van der Waals surface area contributed by atoms with Gasteiger partial charge in [0.15, 0.2) is 0 Å². The van der Waals surface area contributed by atoms with Gasteiger partial charge >= 0.3 is 12.4 Å². The van der Waals surface area contributed by atoms with Crippen LogP contribution in [0.25, 0.3) is 22.4 Å². The van der Waals surface area contributed by atoms with E-state index in [1.54, 1.807) is 25.2 Å². The van der Waals surface area contributed by atoms with Gasteiger partial charge < -0.3 is 14.6 Å². The van der Waals surface area contributed by atoms with E-state index in [-0.39, 0.29) is 5.75 Å². The molecule has 0 aliphatic carbocycles. The van der Waals surface area contributed by atoms with Crippen molar-refractivity contribution in [2.24, 2.45) is 12.1 Å². The molecule has 34 heavy (non-hydrogen) atoms. The molecule has 0 fully saturated rings. The summed E-state index contributed by atoms with van der Waals surface area (Å²) in [5.74, 6) is 0.283. The van der Waals surface area contributed by atoms with Crippen molar-refractivity contribution in [2.45, 2.75) is 13.3 Å². The summed E-state index contributed by atoms with van der Waals surface area (Å²) in [4.78, 5) is 16.6. The van der Waals surface area contributed by atoms with E-state index >= 15 is 0 Å². The highest BCUT2D eigenvalue weighted by Gasteiger charge is 2.31. The number of nitrogens with one attached hydrogen (secondary N) is 2. The number of hydrogen-bond acceptors (Lipinski definition) is 4. The minimum atomic E-state index is -4.74. The number of nitrogens with zero attached hydrogens (tertiary/aromatic N) is 3. The third kappa shape index (κ3) is 5.34. The van der Waals surface area contributed by atoms with Crippen LogP contribution in [0.1, 0.15) is 11.1 Å². The predicted molar refractivity (Wildman–Crippen MR) is 124 cm³/mol. The number of hydrogen-bond donors (Lipinski definition) is 2. The summed E-state index contributed by atoms with van der Waals surface area (Å²) in [6, 6.07) is 17.9. The van der Waals surface area contributed by atoms with Crippen LogP contribution in [-0.4, -0.2) is 28.2 Å². The number of alkyl halides is 3. The summed E-state index contributed by atoms with van der Waals surface area (Å²) >= 11 is 0. The third-order valence-corrected chi connectivity index (χ3v) is 5.02. The Balaban J connectivity index is 1.47. The Hall–Kier alpha value is -4.34. The van der Waals surface area contributed by atoms with Gasteiger partial charge in [-0.1, -0.05) is 24.3 Å². The lowest BCUT2D eigenvalue weighted by molar-refractivity contribution is -0.274. The molecule has 4 aromatic rings. The number of halogens is 3. The first kappa shape index (κ1) is 22.8. The molecule has 0 aliphatic rings. The first-order valence-corrected chi connectivity index (χ1v) is 10.2. The third-order valence-electron chi connectivity index (χ3n) is 5.02. The Kier molecular flexibility index (Phi) is 6.22. The van der Waals surface area contributed by atoms with Gasteiger partial charge in [0.25, 0.3) is 0 Å². The van der Waals surface area contributed by atoms with Gasteiger partial charge in [-0.15, -0.1) is 13.2 Å². The zero-order valence-corrected chi connectivity index (χ0v) is 18.2. The number of benzene rings is 3. The van der Waals surface area contributed by atoms with Crippen LogP contribution in [0.5, 0.6) is 5.75 Å². The molecule has 174 valence electrons. The molecule has 7 nitrogen and oxygen atoms in total.